The molecule has 3 nitrogen and oxygen atoms in total. The number of rotatable bonds is 4. The molecule has 0 bridgehead atoms. The molecule has 4 heteroatoms. The van der Waals surface area contributed by atoms with Gasteiger partial charge in [-0.3, -0.25) is 0 Å². The first-order valence-electron chi connectivity index (χ1n) is 4.50. The number of alkyl halides is 1. The van der Waals surface area contributed by atoms with E-state index >= 15 is 0 Å². The molecule has 0 radical (unpaired) electrons. The minimum atomic E-state index is 0.245. The average Bonchev–Trinajstić information content (AvgIpc) is 2.99. The molecule has 1 aliphatic carbocycles. The molecule has 0 saturated heterocycles. The van der Waals surface area contributed by atoms with Crippen molar-refractivity contribution >= 4 is 17.4 Å². The number of halogens is 1. The molecule has 0 spiro atoms. The molecular weight excluding hydrogens is 186 g/mol. The molecule has 0 aliphatic heterocycles. The quantitative estimate of drug-likeness (QED) is 0.750. The third kappa shape index (κ3) is 2.56. The molecule has 0 aromatic carbocycles. The average molecular weight is 198 g/mol. The predicted octanol–water partition coefficient (Wildman–Crippen LogP) is 1.91. The highest BCUT2D eigenvalue weighted by Gasteiger charge is 2.29. The zero-order chi connectivity index (χ0) is 9.10. The molecule has 1 aromatic rings. The minimum absolute atomic E-state index is 0.245. The molecule has 1 aromatic heterocycles. The van der Waals surface area contributed by atoms with Gasteiger partial charge in [-0.05, 0) is 24.8 Å². The summed E-state index contributed by atoms with van der Waals surface area (Å²) in [5.41, 5.74) is 0. The normalized spacial score (nSPS) is 18.2. The van der Waals surface area contributed by atoms with Gasteiger partial charge in [0.1, 0.15) is 12.1 Å². The van der Waals surface area contributed by atoms with Gasteiger partial charge in [-0.15, -0.1) is 11.6 Å². The second-order valence-electron chi connectivity index (χ2n) is 3.33. The number of nitrogens with one attached hydrogen (secondary N) is 1. The lowest BCUT2D eigenvalue weighted by atomic mass is 10.3. The molecule has 70 valence electrons. The van der Waals surface area contributed by atoms with Crippen molar-refractivity contribution in [1.29, 1.82) is 0 Å². The van der Waals surface area contributed by atoms with Crippen molar-refractivity contribution in [2.75, 3.05) is 11.9 Å². The Morgan fingerprint density at radius 2 is 2.46 bits per heavy atom. The first-order valence-corrected chi connectivity index (χ1v) is 4.94. The fraction of sp³-hybridized carbons (Fsp3) is 0.556. The summed E-state index contributed by atoms with van der Waals surface area (Å²) in [6, 6.07) is 1.84. The van der Waals surface area contributed by atoms with Gasteiger partial charge in [0, 0.05) is 12.7 Å². The molecule has 0 amide bonds. The van der Waals surface area contributed by atoms with Crippen LogP contribution in [0.25, 0.3) is 0 Å². The molecule has 2 rings (SSSR count). The van der Waals surface area contributed by atoms with Crippen molar-refractivity contribution in [3.63, 3.8) is 0 Å². The molecule has 1 N–H and O–H groups in total. The fourth-order valence-electron chi connectivity index (χ4n) is 1.22. The zero-order valence-corrected chi connectivity index (χ0v) is 8.04. The van der Waals surface area contributed by atoms with E-state index in [2.05, 4.69) is 15.3 Å². The van der Waals surface area contributed by atoms with Gasteiger partial charge in [0.25, 0.3) is 0 Å². The number of nitrogens with zero attached hydrogens (tertiary/aromatic N) is 2. The van der Waals surface area contributed by atoms with Crippen LogP contribution in [0.5, 0.6) is 0 Å². The van der Waals surface area contributed by atoms with E-state index in [0.29, 0.717) is 0 Å². The number of anilines is 1. The Labute approximate surface area is 82.5 Å². The van der Waals surface area contributed by atoms with Crippen molar-refractivity contribution in [1.82, 2.24) is 9.97 Å². The summed E-state index contributed by atoms with van der Waals surface area (Å²) in [6.45, 7) is 0.795. The van der Waals surface area contributed by atoms with Gasteiger partial charge in [0.05, 0.1) is 5.38 Å². The van der Waals surface area contributed by atoms with Crippen LogP contribution in [0.2, 0.25) is 0 Å². The van der Waals surface area contributed by atoms with Crippen LogP contribution < -0.4 is 5.32 Å². The fourth-order valence-corrected chi connectivity index (χ4v) is 1.55. The Bertz CT molecular complexity index is 261. The molecule has 13 heavy (non-hydrogen) atoms. The van der Waals surface area contributed by atoms with Crippen LogP contribution >= 0.6 is 11.6 Å². The predicted molar refractivity (Wildman–Crippen MR) is 52.9 cm³/mol. The van der Waals surface area contributed by atoms with Crippen molar-refractivity contribution in [3.8, 4) is 0 Å². The van der Waals surface area contributed by atoms with Crippen LogP contribution in [-0.4, -0.2) is 21.9 Å². The molecule has 1 heterocycles. The Hall–Kier alpha value is -0.830. The van der Waals surface area contributed by atoms with Crippen molar-refractivity contribution < 1.29 is 0 Å². The SMILES string of the molecule is ClC(CNc1ccncn1)C1CC1. The Balaban J connectivity index is 1.78. The first kappa shape index (κ1) is 8.75. The second-order valence-corrected chi connectivity index (χ2v) is 3.89. The lowest BCUT2D eigenvalue weighted by Gasteiger charge is -2.09. The summed E-state index contributed by atoms with van der Waals surface area (Å²) in [5, 5.41) is 3.43. The monoisotopic (exact) mass is 197 g/mol. The number of hydrogen-bond acceptors (Lipinski definition) is 3. The van der Waals surface area contributed by atoms with Crippen LogP contribution in [0.3, 0.4) is 0 Å². The zero-order valence-electron chi connectivity index (χ0n) is 7.28. The van der Waals surface area contributed by atoms with Gasteiger partial charge in [0.15, 0.2) is 0 Å². The highest BCUT2D eigenvalue weighted by molar-refractivity contribution is 6.21. The third-order valence-corrected chi connectivity index (χ3v) is 2.70. The topological polar surface area (TPSA) is 37.8 Å². The molecule has 1 aliphatic rings. The van der Waals surface area contributed by atoms with Gasteiger partial charge in [-0.25, -0.2) is 9.97 Å². The number of aromatic nitrogens is 2. The van der Waals surface area contributed by atoms with Gasteiger partial charge in [-0.1, -0.05) is 0 Å². The van der Waals surface area contributed by atoms with E-state index in [1.54, 1.807) is 6.20 Å². The summed E-state index contributed by atoms with van der Waals surface area (Å²) >= 11 is 6.12. The largest absolute Gasteiger partial charge is 0.368 e. The smallest absolute Gasteiger partial charge is 0.129 e. The van der Waals surface area contributed by atoms with Gasteiger partial charge >= 0.3 is 0 Å². The lowest BCUT2D eigenvalue weighted by molar-refractivity contribution is 0.768. The lowest BCUT2D eigenvalue weighted by Crippen LogP contribution is -2.16. The highest BCUT2D eigenvalue weighted by Crippen LogP contribution is 2.35. The van der Waals surface area contributed by atoms with E-state index < -0.39 is 0 Å². The molecule has 1 fully saturated rings. The van der Waals surface area contributed by atoms with E-state index in [9.17, 15) is 0 Å². The van der Waals surface area contributed by atoms with Gasteiger partial charge in [0.2, 0.25) is 0 Å². The second kappa shape index (κ2) is 3.92. The minimum Gasteiger partial charge on any atom is -0.368 e. The molecule has 1 saturated carbocycles. The molecule has 1 atom stereocenters. The van der Waals surface area contributed by atoms with Crippen molar-refractivity contribution in [2.45, 2.75) is 18.2 Å². The molecule has 1 unspecified atom stereocenters. The van der Waals surface area contributed by atoms with Crippen LogP contribution in [0.4, 0.5) is 5.82 Å². The molecular formula is C9H12ClN3. The van der Waals surface area contributed by atoms with Gasteiger partial charge in [-0.2, -0.15) is 0 Å². The van der Waals surface area contributed by atoms with E-state index in [4.69, 9.17) is 11.6 Å². The van der Waals surface area contributed by atoms with E-state index in [1.807, 2.05) is 6.07 Å². The van der Waals surface area contributed by atoms with Crippen molar-refractivity contribution in [2.24, 2.45) is 5.92 Å². The Morgan fingerprint density at radius 3 is 3.08 bits per heavy atom. The summed E-state index contributed by atoms with van der Waals surface area (Å²) in [7, 11) is 0. The van der Waals surface area contributed by atoms with Crippen LogP contribution in [0.15, 0.2) is 18.6 Å². The summed E-state index contributed by atoms with van der Waals surface area (Å²) in [6.07, 6.45) is 5.80. The maximum Gasteiger partial charge on any atom is 0.129 e. The first-order chi connectivity index (χ1) is 6.36. The number of hydrogen-bond donors (Lipinski definition) is 1. The van der Waals surface area contributed by atoms with Crippen LogP contribution in [0, 0.1) is 5.92 Å². The summed E-state index contributed by atoms with van der Waals surface area (Å²) in [5.74, 6) is 1.57. The maximum atomic E-state index is 6.12. The Kier molecular flexibility index (Phi) is 2.64. The van der Waals surface area contributed by atoms with Gasteiger partial charge < -0.3 is 5.32 Å². The third-order valence-electron chi connectivity index (χ3n) is 2.19. The maximum absolute atomic E-state index is 6.12. The van der Waals surface area contributed by atoms with E-state index in [1.165, 1.54) is 19.2 Å². The highest BCUT2D eigenvalue weighted by atomic mass is 35.5. The summed E-state index contributed by atoms with van der Waals surface area (Å²) < 4.78 is 0. The van der Waals surface area contributed by atoms with Crippen LogP contribution in [0.1, 0.15) is 12.8 Å². The Morgan fingerprint density at radius 1 is 1.62 bits per heavy atom. The van der Waals surface area contributed by atoms with Crippen LogP contribution in [-0.2, 0) is 0 Å². The van der Waals surface area contributed by atoms with Crippen molar-refractivity contribution in [3.05, 3.63) is 18.6 Å². The summed E-state index contributed by atoms with van der Waals surface area (Å²) in [4.78, 5) is 7.89. The van der Waals surface area contributed by atoms with E-state index in [-0.39, 0.29) is 5.38 Å². The standard InChI is InChI=1S/C9H12ClN3/c10-8(7-1-2-7)5-12-9-3-4-11-6-13-9/h3-4,6-8H,1-2,5H2,(H,11,12,13). The van der Waals surface area contributed by atoms with E-state index in [0.717, 1.165) is 18.3 Å².